The predicted octanol–water partition coefficient (Wildman–Crippen LogP) is 2.44. The Morgan fingerprint density at radius 1 is 1.05 bits per heavy atom. The second-order valence-electron chi connectivity index (χ2n) is 4.22. The zero-order valence-corrected chi connectivity index (χ0v) is 10.8. The molecule has 0 radical (unpaired) electrons. The maximum Gasteiger partial charge on any atom is 0.154 e. The number of pyridine rings is 2. The van der Waals surface area contributed by atoms with Crippen LogP contribution in [0.4, 0.5) is 5.82 Å². The fraction of sp³-hybridized carbons (Fsp3) is 0.143. The summed E-state index contributed by atoms with van der Waals surface area (Å²) in [7, 11) is 1.83. The number of anilines is 1. The van der Waals surface area contributed by atoms with Crippen molar-refractivity contribution in [3.8, 4) is 11.3 Å². The highest BCUT2D eigenvalue weighted by Gasteiger charge is 2.08. The Bertz CT molecular complexity index is 721. The minimum absolute atomic E-state index is 0.723. The van der Waals surface area contributed by atoms with Crippen LogP contribution in [-0.4, -0.2) is 27.0 Å². The molecule has 0 fully saturated rings. The van der Waals surface area contributed by atoms with Gasteiger partial charge in [-0.25, -0.2) is 9.97 Å². The average molecular weight is 251 g/mol. The van der Waals surface area contributed by atoms with Gasteiger partial charge < -0.3 is 5.32 Å². The van der Waals surface area contributed by atoms with Crippen LogP contribution in [0.1, 0.15) is 5.69 Å². The first-order valence-corrected chi connectivity index (χ1v) is 6.00. The molecule has 0 aliphatic carbocycles. The summed E-state index contributed by atoms with van der Waals surface area (Å²) in [6, 6.07) is 5.90. The van der Waals surface area contributed by atoms with E-state index in [2.05, 4.69) is 25.3 Å². The fourth-order valence-corrected chi connectivity index (χ4v) is 1.91. The molecule has 3 heterocycles. The molecule has 0 aliphatic rings. The van der Waals surface area contributed by atoms with Crippen molar-refractivity contribution in [2.45, 2.75) is 6.92 Å². The quantitative estimate of drug-likeness (QED) is 0.757. The zero-order chi connectivity index (χ0) is 13.2. The van der Waals surface area contributed by atoms with Gasteiger partial charge in [-0.15, -0.1) is 0 Å². The van der Waals surface area contributed by atoms with Crippen molar-refractivity contribution in [3.63, 3.8) is 0 Å². The van der Waals surface area contributed by atoms with Gasteiger partial charge in [0.25, 0.3) is 0 Å². The molecule has 94 valence electrons. The molecule has 5 nitrogen and oxygen atoms in total. The van der Waals surface area contributed by atoms with Crippen LogP contribution < -0.4 is 5.32 Å². The van der Waals surface area contributed by atoms with Crippen LogP contribution >= 0.6 is 0 Å². The monoisotopic (exact) mass is 251 g/mol. The van der Waals surface area contributed by atoms with Crippen LogP contribution in [0.25, 0.3) is 22.3 Å². The Morgan fingerprint density at radius 3 is 2.63 bits per heavy atom. The first-order chi connectivity index (χ1) is 9.28. The van der Waals surface area contributed by atoms with Gasteiger partial charge in [-0.1, -0.05) is 0 Å². The SMILES string of the molecule is CNc1nc(-c2ccc(C)nc2)cc2nccnc12. The van der Waals surface area contributed by atoms with Crippen molar-refractivity contribution >= 4 is 16.9 Å². The standard InChI is InChI=1S/C14H13N5/c1-9-3-4-10(8-18-9)11-7-12-13(14(15-2)19-11)17-6-5-16-12/h3-8H,1-2H3,(H,15,19). The number of fused-ring (bicyclic) bond motifs is 1. The Labute approximate surface area is 110 Å². The summed E-state index contributed by atoms with van der Waals surface area (Å²) in [5.74, 6) is 0.723. The summed E-state index contributed by atoms with van der Waals surface area (Å²) in [5.41, 5.74) is 4.38. The van der Waals surface area contributed by atoms with Gasteiger partial charge in [0, 0.05) is 36.9 Å². The van der Waals surface area contributed by atoms with Gasteiger partial charge in [-0.05, 0) is 25.1 Å². The summed E-state index contributed by atoms with van der Waals surface area (Å²) in [4.78, 5) is 17.5. The fourth-order valence-electron chi connectivity index (χ4n) is 1.91. The van der Waals surface area contributed by atoms with Gasteiger partial charge in [0.15, 0.2) is 5.82 Å². The van der Waals surface area contributed by atoms with E-state index in [9.17, 15) is 0 Å². The lowest BCUT2D eigenvalue weighted by Crippen LogP contribution is -1.98. The molecule has 0 bridgehead atoms. The van der Waals surface area contributed by atoms with Crippen molar-refractivity contribution in [1.29, 1.82) is 0 Å². The third kappa shape index (κ3) is 2.10. The number of nitrogens with zero attached hydrogens (tertiary/aromatic N) is 4. The van der Waals surface area contributed by atoms with E-state index in [1.54, 1.807) is 12.4 Å². The molecule has 3 rings (SSSR count). The van der Waals surface area contributed by atoms with Crippen LogP contribution in [0, 0.1) is 6.92 Å². The van der Waals surface area contributed by atoms with E-state index in [4.69, 9.17) is 0 Å². The largest absolute Gasteiger partial charge is 0.371 e. The van der Waals surface area contributed by atoms with E-state index < -0.39 is 0 Å². The molecule has 0 atom stereocenters. The van der Waals surface area contributed by atoms with Crippen LogP contribution in [0.5, 0.6) is 0 Å². The number of aryl methyl sites for hydroxylation is 1. The summed E-state index contributed by atoms with van der Waals surface area (Å²) in [6.07, 6.45) is 5.16. The molecule has 3 aromatic heterocycles. The van der Waals surface area contributed by atoms with Gasteiger partial charge in [0.1, 0.15) is 5.52 Å². The van der Waals surface area contributed by atoms with Crippen molar-refractivity contribution in [1.82, 2.24) is 19.9 Å². The first-order valence-electron chi connectivity index (χ1n) is 6.00. The number of nitrogens with one attached hydrogen (secondary N) is 1. The van der Waals surface area contributed by atoms with Gasteiger partial charge in [-0.2, -0.15) is 0 Å². The normalized spacial score (nSPS) is 10.6. The highest BCUT2D eigenvalue weighted by atomic mass is 15.0. The van der Waals surface area contributed by atoms with Gasteiger partial charge in [-0.3, -0.25) is 9.97 Å². The lowest BCUT2D eigenvalue weighted by molar-refractivity contribution is 1.19. The molecule has 19 heavy (non-hydrogen) atoms. The van der Waals surface area contributed by atoms with Crippen molar-refractivity contribution < 1.29 is 0 Å². The Kier molecular flexibility index (Phi) is 2.79. The molecule has 0 saturated heterocycles. The lowest BCUT2D eigenvalue weighted by atomic mass is 10.1. The van der Waals surface area contributed by atoms with Crippen LogP contribution in [0.15, 0.2) is 36.8 Å². The molecule has 5 heteroatoms. The number of rotatable bonds is 2. The molecule has 0 aromatic carbocycles. The topological polar surface area (TPSA) is 63.6 Å². The number of hydrogen-bond acceptors (Lipinski definition) is 5. The molecular formula is C14H13N5. The van der Waals surface area contributed by atoms with Crippen LogP contribution in [-0.2, 0) is 0 Å². The minimum Gasteiger partial charge on any atom is -0.371 e. The maximum atomic E-state index is 4.57. The third-order valence-corrected chi connectivity index (χ3v) is 2.90. The summed E-state index contributed by atoms with van der Waals surface area (Å²) < 4.78 is 0. The molecule has 0 spiro atoms. The van der Waals surface area contributed by atoms with E-state index >= 15 is 0 Å². The third-order valence-electron chi connectivity index (χ3n) is 2.90. The van der Waals surface area contributed by atoms with Crippen LogP contribution in [0.2, 0.25) is 0 Å². The average Bonchev–Trinajstić information content (AvgIpc) is 2.47. The molecular weight excluding hydrogens is 238 g/mol. The highest BCUT2D eigenvalue weighted by molar-refractivity contribution is 5.88. The Balaban J connectivity index is 2.22. The smallest absolute Gasteiger partial charge is 0.154 e. The maximum absolute atomic E-state index is 4.57. The zero-order valence-electron chi connectivity index (χ0n) is 10.8. The van der Waals surface area contributed by atoms with Crippen molar-refractivity contribution in [2.75, 3.05) is 12.4 Å². The molecule has 3 aromatic rings. The molecule has 0 aliphatic heterocycles. The Hall–Kier alpha value is -2.56. The number of aromatic nitrogens is 4. The van der Waals surface area contributed by atoms with E-state index in [0.29, 0.717) is 0 Å². The predicted molar refractivity (Wildman–Crippen MR) is 74.8 cm³/mol. The minimum atomic E-state index is 0.723. The van der Waals surface area contributed by atoms with Gasteiger partial charge in [0.05, 0.1) is 11.2 Å². The molecule has 0 amide bonds. The van der Waals surface area contributed by atoms with E-state index in [1.807, 2.05) is 38.4 Å². The Morgan fingerprint density at radius 2 is 1.89 bits per heavy atom. The second kappa shape index (κ2) is 4.61. The molecule has 0 saturated carbocycles. The first kappa shape index (κ1) is 11.5. The summed E-state index contributed by atoms with van der Waals surface area (Å²) in [5, 5.41) is 3.06. The van der Waals surface area contributed by atoms with Crippen LogP contribution in [0.3, 0.4) is 0 Å². The van der Waals surface area contributed by atoms with E-state index in [0.717, 1.165) is 33.8 Å². The van der Waals surface area contributed by atoms with Gasteiger partial charge in [0.2, 0.25) is 0 Å². The van der Waals surface area contributed by atoms with Gasteiger partial charge >= 0.3 is 0 Å². The number of hydrogen-bond donors (Lipinski definition) is 1. The highest BCUT2D eigenvalue weighted by Crippen LogP contribution is 2.24. The molecule has 0 unspecified atom stereocenters. The van der Waals surface area contributed by atoms with E-state index in [-0.39, 0.29) is 0 Å². The summed E-state index contributed by atoms with van der Waals surface area (Å²) >= 11 is 0. The second-order valence-corrected chi connectivity index (χ2v) is 4.22. The van der Waals surface area contributed by atoms with Crippen molar-refractivity contribution in [3.05, 3.63) is 42.5 Å². The summed E-state index contributed by atoms with van der Waals surface area (Å²) in [6.45, 7) is 1.96. The lowest BCUT2D eigenvalue weighted by Gasteiger charge is -2.07. The molecule has 1 N–H and O–H groups in total. The van der Waals surface area contributed by atoms with E-state index in [1.165, 1.54) is 0 Å². The van der Waals surface area contributed by atoms with Crippen molar-refractivity contribution in [2.24, 2.45) is 0 Å².